The van der Waals surface area contributed by atoms with E-state index >= 15 is 0 Å². The SMILES string of the molecule is CC1(c2cc(N)ccc2F)Cn2cc(Cl)nc2C(N)=N1. The van der Waals surface area contributed by atoms with Crippen molar-refractivity contribution in [3.05, 3.63) is 46.8 Å². The zero-order valence-corrected chi connectivity index (χ0v) is 11.5. The van der Waals surface area contributed by atoms with Gasteiger partial charge in [-0.15, -0.1) is 0 Å². The van der Waals surface area contributed by atoms with Gasteiger partial charge in [0.25, 0.3) is 0 Å². The highest BCUT2D eigenvalue weighted by molar-refractivity contribution is 6.29. The molecule has 3 rings (SSSR count). The van der Waals surface area contributed by atoms with E-state index in [-0.39, 0.29) is 11.7 Å². The average molecular weight is 294 g/mol. The number of anilines is 1. The highest BCUT2D eigenvalue weighted by atomic mass is 35.5. The number of benzene rings is 1. The van der Waals surface area contributed by atoms with Gasteiger partial charge in [-0.3, -0.25) is 4.99 Å². The van der Waals surface area contributed by atoms with Crippen LogP contribution < -0.4 is 11.5 Å². The lowest BCUT2D eigenvalue weighted by molar-refractivity contribution is 0.383. The first-order valence-electron chi connectivity index (χ1n) is 6.03. The minimum atomic E-state index is -0.847. The average Bonchev–Trinajstić information content (AvgIpc) is 2.73. The second kappa shape index (κ2) is 4.21. The maximum Gasteiger partial charge on any atom is 0.176 e. The van der Waals surface area contributed by atoms with Crippen molar-refractivity contribution >= 4 is 23.1 Å². The van der Waals surface area contributed by atoms with Crippen molar-refractivity contribution in [1.29, 1.82) is 0 Å². The smallest absolute Gasteiger partial charge is 0.176 e. The van der Waals surface area contributed by atoms with Gasteiger partial charge in [-0.05, 0) is 25.1 Å². The number of aromatic nitrogens is 2. The Labute approximate surface area is 120 Å². The Bertz CT molecular complexity index is 724. The van der Waals surface area contributed by atoms with Gasteiger partial charge in [0.2, 0.25) is 0 Å². The van der Waals surface area contributed by atoms with E-state index in [9.17, 15) is 4.39 Å². The molecule has 20 heavy (non-hydrogen) atoms. The third-order valence-electron chi connectivity index (χ3n) is 3.39. The minimum Gasteiger partial charge on any atom is -0.399 e. The molecule has 0 saturated heterocycles. The number of nitrogens with zero attached hydrogens (tertiary/aromatic N) is 3. The van der Waals surface area contributed by atoms with Crippen LogP contribution in [0.3, 0.4) is 0 Å². The fourth-order valence-corrected chi connectivity index (χ4v) is 2.69. The molecule has 1 unspecified atom stereocenters. The van der Waals surface area contributed by atoms with E-state index in [0.717, 1.165) is 0 Å². The van der Waals surface area contributed by atoms with Crippen LogP contribution in [0.2, 0.25) is 5.15 Å². The van der Waals surface area contributed by atoms with E-state index in [2.05, 4.69) is 9.98 Å². The van der Waals surface area contributed by atoms with Crippen LogP contribution in [-0.4, -0.2) is 15.4 Å². The molecule has 0 radical (unpaired) electrons. The standard InChI is InChI=1S/C13H13ClFN5/c1-13(8-4-7(16)2-3-9(8)15)6-20-5-10(14)18-12(20)11(17)19-13/h2-5H,6,16H2,1H3,(H2,17,19). The normalized spacial score (nSPS) is 21.4. The van der Waals surface area contributed by atoms with Gasteiger partial charge in [-0.1, -0.05) is 11.6 Å². The fraction of sp³-hybridized carbons (Fsp3) is 0.231. The van der Waals surface area contributed by atoms with Gasteiger partial charge in [-0.25, -0.2) is 9.37 Å². The monoisotopic (exact) mass is 293 g/mol. The van der Waals surface area contributed by atoms with Gasteiger partial charge >= 0.3 is 0 Å². The van der Waals surface area contributed by atoms with Crippen molar-refractivity contribution in [3.8, 4) is 0 Å². The molecule has 0 spiro atoms. The molecule has 0 aliphatic carbocycles. The summed E-state index contributed by atoms with van der Waals surface area (Å²) in [5, 5.41) is 0.329. The Morgan fingerprint density at radius 3 is 2.90 bits per heavy atom. The second-order valence-corrected chi connectivity index (χ2v) is 5.41. The first-order chi connectivity index (χ1) is 9.39. The van der Waals surface area contributed by atoms with Crippen LogP contribution in [0.5, 0.6) is 0 Å². The van der Waals surface area contributed by atoms with Crippen molar-refractivity contribution in [1.82, 2.24) is 9.55 Å². The number of nitrogens with two attached hydrogens (primary N) is 2. The predicted molar refractivity (Wildman–Crippen MR) is 76.1 cm³/mol. The van der Waals surface area contributed by atoms with Gasteiger partial charge in [0.15, 0.2) is 11.7 Å². The molecule has 2 aromatic rings. The van der Waals surface area contributed by atoms with Crippen molar-refractivity contribution in [2.75, 3.05) is 5.73 Å². The molecule has 0 fully saturated rings. The van der Waals surface area contributed by atoms with Crippen LogP contribution in [0.25, 0.3) is 0 Å². The predicted octanol–water partition coefficient (Wildman–Crippen LogP) is 1.89. The van der Waals surface area contributed by atoms with E-state index in [4.69, 9.17) is 23.1 Å². The van der Waals surface area contributed by atoms with E-state index in [1.807, 2.05) is 0 Å². The summed E-state index contributed by atoms with van der Waals surface area (Å²) in [6.07, 6.45) is 1.65. The number of imidazole rings is 1. The van der Waals surface area contributed by atoms with Crippen molar-refractivity contribution < 1.29 is 4.39 Å². The minimum absolute atomic E-state index is 0.229. The van der Waals surface area contributed by atoms with Crippen LogP contribution >= 0.6 is 11.6 Å². The molecule has 1 aromatic heterocycles. The molecular weight excluding hydrogens is 281 g/mol. The van der Waals surface area contributed by atoms with Gasteiger partial charge in [0, 0.05) is 17.4 Å². The summed E-state index contributed by atoms with van der Waals surface area (Å²) in [6, 6.07) is 4.42. The summed E-state index contributed by atoms with van der Waals surface area (Å²) in [5.74, 6) is 0.358. The maximum atomic E-state index is 14.1. The number of amidine groups is 1. The van der Waals surface area contributed by atoms with Crippen molar-refractivity contribution in [2.45, 2.75) is 19.0 Å². The van der Waals surface area contributed by atoms with Crippen molar-refractivity contribution in [2.24, 2.45) is 10.7 Å². The van der Waals surface area contributed by atoms with E-state index < -0.39 is 5.54 Å². The van der Waals surface area contributed by atoms with Crippen LogP contribution in [0.4, 0.5) is 10.1 Å². The van der Waals surface area contributed by atoms with E-state index in [0.29, 0.717) is 28.8 Å². The maximum absolute atomic E-state index is 14.1. The number of fused-ring (bicyclic) bond motifs is 1. The largest absolute Gasteiger partial charge is 0.399 e. The molecule has 0 amide bonds. The zero-order valence-electron chi connectivity index (χ0n) is 10.8. The van der Waals surface area contributed by atoms with E-state index in [1.165, 1.54) is 12.1 Å². The Morgan fingerprint density at radius 1 is 1.40 bits per heavy atom. The lowest BCUT2D eigenvalue weighted by atomic mass is 9.90. The molecule has 1 aliphatic heterocycles. The second-order valence-electron chi connectivity index (χ2n) is 5.03. The Morgan fingerprint density at radius 2 is 2.15 bits per heavy atom. The number of nitrogen functional groups attached to an aromatic ring is 1. The Balaban J connectivity index is 2.14. The zero-order chi connectivity index (χ0) is 14.5. The topological polar surface area (TPSA) is 82.2 Å². The number of hydrogen-bond donors (Lipinski definition) is 2. The summed E-state index contributed by atoms with van der Waals surface area (Å²) in [7, 11) is 0. The first-order valence-corrected chi connectivity index (χ1v) is 6.41. The fourth-order valence-electron chi connectivity index (χ4n) is 2.49. The molecule has 104 valence electrons. The van der Waals surface area contributed by atoms with Crippen LogP contribution in [0, 0.1) is 5.82 Å². The molecule has 4 N–H and O–H groups in total. The van der Waals surface area contributed by atoms with Crippen LogP contribution in [-0.2, 0) is 12.1 Å². The summed E-state index contributed by atoms with van der Waals surface area (Å²) in [5.41, 5.74) is 11.7. The summed E-state index contributed by atoms with van der Waals surface area (Å²) in [6.45, 7) is 2.19. The van der Waals surface area contributed by atoms with Gasteiger partial charge in [0.1, 0.15) is 16.5 Å². The van der Waals surface area contributed by atoms with Crippen LogP contribution in [0.1, 0.15) is 18.3 Å². The van der Waals surface area contributed by atoms with E-state index in [1.54, 1.807) is 23.8 Å². The highest BCUT2D eigenvalue weighted by Gasteiger charge is 2.35. The molecule has 2 heterocycles. The van der Waals surface area contributed by atoms with Gasteiger partial charge < -0.3 is 16.0 Å². The number of aliphatic imine (C=N–C) groups is 1. The molecule has 1 atom stereocenters. The Hall–Kier alpha value is -2.08. The molecule has 1 aromatic carbocycles. The molecule has 0 bridgehead atoms. The molecule has 7 heteroatoms. The number of rotatable bonds is 1. The number of hydrogen-bond acceptors (Lipinski definition) is 4. The number of halogens is 2. The third kappa shape index (κ3) is 1.92. The van der Waals surface area contributed by atoms with Gasteiger partial charge in [-0.2, -0.15) is 0 Å². The Kier molecular flexibility index (Phi) is 2.72. The molecule has 0 saturated carbocycles. The molecule has 5 nitrogen and oxygen atoms in total. The lowest BCUT2D eigenvalue weighted by Crippen LogP contribution is -2.37. The third-order valence-corrected chi connectivity index (χ3v) is 3.57. The van der Waals surface area contributed by atoms with Crippen LogP contribution in [0.15, 0.2) is 29.4 Å². The lowest BCUT2D eigenvalue weighted by Gasteiger charge is -2.31. The van der Waals surface area contributed by atoms with Crippen molar-refractivity contribution in [3.63, 3.8) is 0 Å². The molecular formula is C13H13ClFN5. The first kappa shape index (κ1) is 12.9. The van der Waals surface area contributed by atoms with Gasteiger partial charge in [0.05, 0.1) is 6.54 Å². The quantitative estimate of drug-likeness (QED) is 0.788. The summed E-state index contributed by atoms with van der Waals surface area (Å²) >= 11 is 5.88. The summed E-state index contributed by atoms with van der Waals surface area (Å²) < 4.78 is 15.9. The highest BCUT2D eigenvalue weighted by Crippen LogP contribution is 2.34. The summed E-state index contributed by atoms with van der Waals surface area (Å²) in [4.78, 5) is 8.48. The molecule has 1 aliphatic rings.